The molecule has 8 nitrogen and oxygen atoms in total. The van der Waals surface area contributed by atoms with Crippen LogP contribution in [-0.2, 0) is 24.3 Å². The maximum absolute atomic E-state index is 12.4. The molecular weight excluding hydrogens is 302 g/mol. The van der Waals surface area contributed by atoms with Crippen molar-refractivity contribution >= 4 is 17.2 Å². The molecule has 0 saturated heterocycles. The Bertz CT molecular complexity index is 791. The number of carbonyl (C=O) groups excluding carboxylic acids is 1. The van der Waals surface area contributed by atoms with Crippen LogP contribution in [0.15, 0.2) is 23.0 Å². The molecule has 1 aliphatic rings. The highest BCUT2D eigenvalue weighted by molar-refractivity contribution is 7.08. The fourth-order valence-corrected chi connectivity index (χ4v) is 3.12. The van der Waals surface area contributed by atoms with E-state index in [1.807, 2.05) is 16.8 Å². The summed E-state index contributed by atoms with van der Waals surface area (Å²) in [4.78, 5) is 14.2. The molecule has 0 aromatic carbocycles. The zero-order valence-corrected chi connectivity index (χ0v) is 12.5. The van der Waals surface area contributed by atoms with Gasteiger partial charge in [-0.1, -0.05) is 5.21 Å². The van der Waals surface area contributed by atoms with Crippen LogP contribution in [0.2, 0.25) is 0 Å². The van der Waals surface area contributed by atoms with Crippen LogP contribution in [0.3, 0.4) is 0 Å². The minimum Gasteiger partial charge on any atom is -0.335 e. The van der Waals surface area contributed by atoms with Crippen molar-refractivity contribution in [2.45, 2.75) is 19.5 Å². The average molecular weight is 315 g/mol. The van der Waals surface area contributed by atoms with Gasteiger partial charge in [0.05, 0.1) is 18.4 Å². The number of thiophene rings is 1. The molecule has 9 heteroatoms. The van der Waals surface area contributed by atoms with Gasteiger partial charge in [-0.15, -0.1) is 5.10 Å². The van der Waals surface area contributed by atoms with Gasteiger partial charge >= 0.3 is 0 Å². The maximum Gasteiger partial charge on any atom is 0.244 e. The Balaban J connectivity index is 1.44. The normalized spacial score (nSPS) is 14.1. The third-order valence-electron chi connectivity index (χ3n) is 3.67. The van der Waals surface area contributed by atoms with Gasteiger partial charge in [0.2, 0.25) is 5.91 Å². The second-order valence-corrected chi connectivity index (χ2v) is 5.88. The van der Waals surface area contributed by atoms with E-state index in [0.717, 1.165) is 29.1 Å². The zero-order chi connectivity index (χ0) is 14.9. The van der Waals surface area contributed by atoms with Gasteiger partial charge in [0.1, 0.15) is 17.9 Å². The molecule has 3 aromatic heterocycles. The molecular formula is C13H13N7OS. The number of amides is 1. The van der Waals surface area contributed by atoms with Crippen molar-refractivity contribution in [2.24, 2.45) is 0 Å². The van der Waals surface area contributed by atoms with Crippen LogP contribution in [0, 0.1) is 0 Å². The first-order valence-electron chi connectivity index (χ1n) is 6.88. The molecule has 0 saturated carbocycles. The largest absolute Gasteiger partial charge is 0.335 e. The summed E-state index contributed by atoms with van der Waals surface area (Å²) in [7, 11) is 0. The Labute approximate surface area is 129 Å². The Morgan fingerprint density at radius 3 is 3.14 bits per heavy atom. The van der Waals surface area contributed by atoms with E-state index in [4.69, 9.17) is 0 Å². The van der Waals surface area contributed by atoms with E-state index in [9.17, 15) is 4.79 Å². The fourth-order valence-electron chi connectivity index (χ4n) is 2.47. The third-order valence-corrected chi connectivity index (χ3v) is 4.35. The van der Waals surface area contributed by atoms with Crippen LogP contribution in [-0.4, -0.2) is 47.8 Å². The second kappa shape index (κ2) is 5.34. The summed E-state index contributed by atoms with van der Waals surface area (Å²) < 4.78 is 1.58. The summed E-state index contributed by atoms with van der Waals surface area (Å²) in [5.41, 5.74) is 3.60. The molecule has 4 heterocycles. The molecule has 1 amide bonds. The predicted octanol–water partition coefficient (Wildman–Crippen LogP) is 0.710. The standard InChI is InChI=1S/C13H13N7OS/c21-13(19-3-1-10-12(5-19)15-17-14-10)7-20-6-11(16-18-20)9-2-4-22-8-9/h2,4,6,8H,1,3,5,7H2,(H,14,15,17). The molecule has 0 radical (unpaired) electrons. The molecule has 112 valence electrons. The molecule has 0 fully saturated rings. The van der Waals surface area contributed by atoms with Gasteiger partial charge in [0.15, 0.2) is 0 Å². The van der Waals surface area contributed by atoms with Crippen molar-refractivity contribution in [3.63, 3.8) is 0 Å². The van der Waals surface area contributed by atoms with E-state index < -0.39 is 0 Å². The van der Waals surface area contributed by atoms with E-state index in [1.54, 1.807) is 27.1 Å². The van der Waals surface area contributed by atoms with Crippen LogP contribution in [0.25, 0.3) is 11.3 Å². The van der Waals surface area contributed by atoms with Gasteiger partial charge in [-0.3, -0.25) is 4.79 Å². The topological polar surface area (TPSA) is 92.6 Å². The Morgan fingerprint density at radius 1 is 1.36 bits per heavy atom. The predicted molar refractivity (Wildman–Crippen MR) is 78.8 cm³/mol. The van der Waals surface area contributed by atoms with Crippen LogP contribution in [0.1, 0.15) is 11.4 Å². The van der Waals surface area contributed by atoms with Crippen LogP contribution >= 0.6 is 11.3 Å². The minimum absolute atomic E-state index is 0.00965. The van der Waals surface area contributed by atoms with E-state index in [0.29, 0.717) is 13.1 Å². The Kier molecular flexibility index (Phi) is 3.19. The summed E-state index contributed by atoms with van der Waals surface area (Å²) in [5, 5.41) is 22.9. The molecule has 22 heavy (non-hydrogen) atoms. The number of hydrogen-bond acceptors (Lipinski definition) is 6. The Morgan fingerprint density at radius 2 is 2.27 bits per heavy atom. The van der Waals surface area contributed by atoms with E-state index in [-0.39, 0.29) is 12.5 Å². The van der Waals surface area contributed by atoms with Gasteiger partial charge in [0.25, 0.3) is 0 Å². The number of aromatic amines is 1. The van der Waals surface area contributed by atoms with E-state index in [1.165, 1.54) is 0 Å². The van der Waals surface area contributed by atoms with Gasteiger partial charge < -0.3 is 4.90 Å². The monoisotopic (exact) mass is 315 g/mol. The average Bonchev–Trinajstić information content (AvgIpc) is 3.27. The summed E-state index contributed by atoms with van der Waals surface area (Å²) in [6, 6.07) is 1.98. The van der Waals surface area contributed by atoms with Gasteiger partial charge in [0, 0.05) is 23.9 Å². The third kappa shape index (κ3) is 2.39. The minimum atomic E-state index is 0.00965. The lowest BCUT2D eigenvalue weighted by Gasteiger charge is -2.25. The summed E-state index contributed by atoms with van der Waals surface area (Å²) in [6.07, 6.45) is 2.53. The number of nitrogens with zero attached hydrogens (tertiary/aromatic N) is 6. The van der Waals surface area contributed by atoms with Gasteiger partial charge in [-0.05, 0) is 11.4 Å². The number of H-pyrrole nitrogens is 1. The van der Waals surface area contributed by atoms with E-state index in [2.05, 4.69) is 25.7 Å². The lowest BCUT2D eigenvalue weighted by Crippen LogP contribution is -2.38. The molecule has 4 rings (SSSR count). The van der Waals surface area contributed by atoms with Gasteiger partial charge in [-0.25, -0.2) is 4.68 Å². The molecule has 0 aliphatic carbocycles. The van der Waals surface area contributed by atoms with Crippen molar-refractivity contribution < 1.29 is 4.79 Å². The second-order valence-electron chi connectivity index (χ2n) is 5.10. The first-order chi connectivity index (χ1) is 10.8. The first-order valence-corrected chi connectivity index (χ1v) is 7.83. The van der Waals surface area contributed by atoms with Crippen molar-refractivity contribution in [1.29, 1.82) is 0 Å². The SMILES string of the molecule is O=C(Cn1cc(-c2ccsc2)nn1)N1CCc2n[nH]nc2C1. The molecule has 1 aliphatic heterocycles. The van der Waals surface area contributed by atoms with Crippen LogP contribution < -0.4 is 0 Å². The van der Waals surface area contributed by atoms with Crippen molar-refractivity contribution in [2.75, 3.05) is 6.54 Å². The highest BCUT2D eigenvalue weighted by Crippen LogP contribution is 2.19. The number of hydrogen-bond donors (Lipinski definition) is 1. The highest BCUT2D eigenvalue weighted by Gasteiger charge is 2.23. The quantitative estimate of drug-likeness (QED) is 0.768. The summed E-state index contributed by atoms with van der Waals surface area (Å²) in [5.74, 6) is 0.00965. The van der Waals surface area contributed by atoms with Crippen LogP contribution in [0.5, 0.6) is 0 Å². The zero-order valence-electron chi connectivity index (χ0n) is 11.6. The van der Waals surface area contributed by atoms with Crippen LogP contribution in [0.4, 0.5) is 0 Å². The number of carbonyl (C=O) groups is 1. The first kappa shape index (κ1) is 13.1. The smallest absolute Gasteiger partial charge is 0.244 e. The number of aromatic nitrogens is 6. The molecule has 0 unspecified atom stereocenters. The molecule has 3 aromatic rings. The fraction of sp³-hybridized carbons (Fsp3) is 0.308. The summed E-state index contributed by atoms with van der Waals surface area (Å²) in [6.45, 7) is 1.34. The van der Waals surface area contributed by atoms with Gasteiger partial charge in [-0.2, -0.15) is 26.7 Å². The molecule has 1 N–H and O–H groups in total. The Hall–Kier alpha value is -2.55. The lowest BCUT2D eigenvalue weighted by molar-refractivity contribution is -0.133. The van der Waals surface area contributed by atoms with E-state index >= 15 is 0 Å². The summed E-state index contributed by atoms with van der Waals surface area (Å²) >= 11 is 1.61. The number of rotatable bonds is 3. The molecule has 0 bridgehead atoms. The molecule has 0 atom stereocenters. The van der Waals surface area contributed by atoms with Crippen molar-refractivity contribution in [3.8, 4) is 11.3 Å². The van der Waals surface area contributed by atoms with Crippen molar-refractivity contribution in [1.82, 2.24) is 35.3 Å². The number of nitrogens with one attached hydrogen (secondary N) is 1. The number of fused-ring (bicyclic) bond motifs is 1. The highest BCUT2D eigenvalue weighted by atomic mass is 32.1. The lowest BCUT2D eigenvalue weighted by atomic mass is 10.1. The molecule has 0 spiro atoms. The van der Waals surface area contributed by atoms with Crippen molar-refractivity contribution in [3.05, 3.63) is 34.4 Å². The maximum atomic E-state index is 12.4.